The van der Waals surface area contributed by atoms with Crippen LogP contribution >= 0.6 is 0 Å². The van der Waals surface area contributed by atoms with Crippen LogP contribution in [0, 0.1) is 0 Å². The predicted molar refractivity (Wildman–Crippen MR) is 134 cm³/mol. The maximum atomic E-state index is 12.6. The number of anilines is 1. The van der Waals surface area contributed by atoms with Crippen LogP contribution in [-0.2, 0) is 23.5 Å². The Kier molecular flexibility index (Phi) is 5.78. The van der Waals surface area contributed by atoms with Gasteiger partial charge < -0.3 is 9.64 Å². The molecule has 0 spiro atoms. The molecule has 0 unspecified atom stereocenters. The summed E-state index contributed by atoms with van der Waals surface area (Å²) in [6, 6.07) is 17.4. The molecule has 2 aromatic carbocycles. The van der Waals surface area contributed by atoms with E-state index in [4.69, 9.17) is 4.74 Å². The number of rotatable bonds is 7. The Balaban J connectivity index is 1.19. The lowest BCUT2D eigenvalue weighted by Crippen LogP contribution is -2.59. The number of sulfonamides is 1. The molecular formula is C26H31N5O3S. The van der Waals surface area contributed by atoms with Crippen molar-refractivity contribution in [3.05, 3.63) is 72.1 Å². The molecule has 35 heavy (non-hydrogen) atoms. The maximum absolute atomic E-state index is 12.6. The summed E-state index contributed by atoms with van der Waals surface area (Å²) >= 11 is 0. The first-order chi connectivity index (χ1) is 17.0. The van der Waals surface area contributed by atoms with Gasteiger partial charge in [0.05, 0.1) is 18.3 Å². The molecule has 184 valence electrons. The van der Waals surface area contributed by atoms with Gasteiger partial charge in [-0.1, -0.05) is 30.3 Å². The molecule has 3 aromatic rings. The maximum Gasteiger partial charge on any atom is 0.244 e. The van der Waals surface area contributed by atoms with Gasteiger partial charge in [-0.15, -0.1) is 0 Å². The van der Waals surface area contributed by atoms with Crippen molar-refractivity contribution >= 4 is 15.7 Å². The highest BCUT2D eigenvalue weighted by molar-refractivity contribution is 7.89. The van der Waals surface area contributed by atoms with E-state index < -0.39 is 10.0 Å². The molecule has 0 saturated carbocycles. The number of benzene rings is 2. The van der Waals surface area contributed by atoms with Crippen molar-refractivity contribution in [2.24, 2.45) is 7.05 Å². The summed E-state index contributed by atoms with van der Waals surface area (Å²) in [5.74, 6) is 1.34. The second kappa shape index (κ2) is 8.96. The fraction of sp³-hybridized carbons (Fsp3) is 0.423. The molecular weight excluding hydrogens is 462 g/mol. The molecule has 2 atom stereocenters. The van der Waals surface area contributed by atoms with Gasteiger partial charge in [0.2, 0.25) is 10.0 Å². The molecule has 2 fully saturated rings. The van der Waals surface area contributed by atoms with Crippen LogP contribution < -0.4 is 14.4 Å². The van der Waals surface area contributed by atoms with E-state index in [1.54, 1.807) is 7.05 Å². The minimum atomic E-state index is -3.56. The Bertz CT molecular complexity index is 1300. The second-order valence-electron chi connectivity index (χ2n) is 9.86. The lowest BCUT2D eigenvalue weighted by atomic mass is 9.82. The van der Waals surface area contributed by atoms with Crippen LogP contribution in [-0.4, -0.2) is 68.0 Å². The van der Waals surface area contributed by atoms with Crippen LogP contribution in [0.2, 0.25) is 0 Å². The van der Waals surface area contributed by atoms with Gasteiger partial charge in [0.25, 0.3) is 0 Å². The number of hydrogen-bond acceptors (Lipinski definition) is 6. The van der Waals surface area contributed by atoms with Gasteiger partial charge in [0.15, 0.2) is 0 Å². The molecule has 8 nitrogen and oxygen atoms in total. The number of nitrogens with zero attached hydrogens (tertiary/aromatic N) is 4. The molecule has 0 radical (unpaired) electrons. The summed E-state index contributed by atoms with van der Waals surface area (Å²) < 4.78 is 35.8. The van der Waals surface area contributed by atoms with E-state index in [0.29, 0.717) is 25.0 Å². The zero-order valence-corrected chi connectivity index (χ0v) is 20.7. The monoisotopic (exact) mass is 493 g/mol. The van der Waals surface area contributed by atoms with Gasteiger partial charge in [0.1, 0.15) is 17.3 Å². The second-order valence-corrected chi connectivity index (χ2v) is 11.6. The Morgan fingerprint density at radius 1 is 1.11 bits per heavy atom. The largest absolute Gasteiger partial charge is 0.492 e. The van der Waals surface area contributed by atoms with Crippen molar-refractivity contribution < 1.29 is 13.2 Å². The van der Waals surface area contributed by atoms with E-state index >= 15 is 0 Å². The molecule has 0 bridgehead atoms. The van der Waals surface area contributed by atoms with Crippen LogP contribution in [0.4, 0.5) is 5.69 Å². The standard InChI is InChI=1S/C26H31N5O3S/c1-29-17-22(14-27-29)35(32,33)28-20-15-31(16-20)21-8-9-26-24(13-21)23(12-19-6-3-2-4-7-19)25(18-34-26)30-10-5-11-30/h2-4,6-9,13-14,17,20,23,25,28H,5,10-12,15-16,18H2,1H3/t23-,25+/m0/s1. The number of ether oxygens (including phenoxy) is 1. The number of aryl methyl sites for hydroxylation is 1. The van der Waals surface area contributed by atoms with Gasteiger partial charge >= 0.3 is 0 Å². The minimum absolute atomic E-state index is 0.124. The lowest BCUT2D eigenvalue weighted by molar-refractivity contribution is 0.0502. The van der Waals surface area contributed by atoms with Crippen molar-refractivity contribution in [1.82, 2.24) is 19.4 Å². The quantitative estimate of drug-likeness (QED) is 0.545. The minimum Gasteiger partial charge on any atom is -0.492 e. The zero-order chi connectivity index (χ0) is 24.0. The third kappa shape index (κ3) is 4.44. The zero-order valence-electron chi connectivity index (χ0n) is 19.9. The SMILES string of the molecule is Cn1cc(S(=O)(=O)NC2CN(c3ccc4c(c3)[C@H](Cc3ccccc3)[C@H](N3CCC3)CO4)C2)cn1. The fourth-order valence-corrected chi connectivity index (χ4v) is 6.59. The van der Waals surface area contributed by atoms with Crippen LogP contribution in [0.1, 0.15) is 23.5 Å². The van der Waals surface area contributed by atoms with E-state index in [0.717, 1.165) is 37.6 Å². The van der Waals surface area contributed by atoms with Crippen molar-refractivity contribution in [3.8, 4) is 5.75 Å². The third-order valence-electron chi connectivity index (χ3n) is 7.49. The van der Waals surface area contributed by atoms with Crippen molar-refractivity contribution in [2.75, 3.05) is 37.7 Å². The first-order valence-electron chi connectivity index (χ1n) is 12.3. The highest BCUT2D eigenvalue weighted by Gasteiger charge is 2.38. The summed E-state index contributed by atoms with van der Waals surface area (Å²) in [5.41, 5.74) is 3.72. The van der Waals surface area contributed by atoms with E-state index in [2.05, 4.69) is 68.2 Å². The molecule has 6 rings (SSSR count). The average Bonchev–Trinajstić information content (AvgIpc) is 3.24. The fourth-order valence-electron chi connectivity index (χ4n) is 5.39. The number of fused-ring (bicyclic) bond motifs is 1. The molecule has 3 aliphatic rings. The van der Waals surface area contributed by atoms with Crippen LogP contribution in [0.15, 0.2) is 65.8 Å². The van der Waals surface area contributed by atoms with E-state index in [1.165, 1.54) is 34.6 Å². The number of aromatic nitrogens is 2. The molecule has 1 aromatic heterocycles. The molecule has 1 N–H and O–H groups in total. The highest BCUT2D eigenvalue weighted by Crippen LogP contribution is 2.41. The summed E-state index contributed by atoms with van der Waals surface area (Å²) in [5, 5.41) is 3.97. The summed E-state index contributed by atoms with van der Waals surface area (Å²) in [6.45, 7) is 4.28. The number of nitrogens with one attached hydrogen (secondary N) is 1. The predicted octanol–water partition coefficient (Wildman–Crippen LogP) is 2.38. The van der Waals surface area contributed by atoms with Gasteiger partial charge in [-0.05, 0) is 49.7 Å². The van der Waals surface area contributed by atoms with Crippen LogP contribution in [0.3, 0.4) is 0 Å². The first kappa shape index (κ1) is 22.6. The Labute approximate surface area is 206 Å². The van der Waals surface area contributed by atoms with Crippen LogP contribution in [0.25, 0.3) is 0 Å². The molecule has 4 heterocycles. The Morgan fingerprint density at radius 3 is 2.60 bits per heavy atom. The highest BCUT2D eigenvalue weighted by atomic mass is 32.2. The van der Waals surface area contributed by atoms with Crippen LogP contribution in [0.5, 0.6) is 5.75 Å². The van der Waals surface area contributed by atoms with Crippen molar-refractivity contribution in [1.29, 1.82) is 0 Å². The van der Waals surface area contributed by atoms with Gasteiger partial charge in [-0.3, -0.25) is 9.58 Å². The Morgan fingerprint density at radius 2 is 1.91 bits per heavy atom. The van der Waals surface area contributed by atoms with Gasteiger partial charge in [-0.2, -0.15) is 5.10 Å². The summed E-state index contributed by atoms with van der Waals surface area (Å²) in [4.78, 5) is 4.98. The molecule has 9 heteroatoms. The van der Waals surface area contributed by atoms with Gasteiger partial charge in [-0.25, -0.2) is 13.1 Å². The van der Waals surface area contributed by atoms with Crippen molar-refractivity contribution in [2.45, 2.75) is 35.7 Å². The molecule has 3 aliphatic heterocycles. The summed E-state index contributed by atoms with van der Waals surface area (Å²) in [7, 11) is -1.85. The summed E-state index contributed by atoms with van der Waals surface area (Å²) in [6.07, 6.45) is 5.13. The number of likely N-dealkylation sites (tertiary alicyclic amines) is 1. The van der Waals surface area contributed by atoms with E-state index in [1.807, 2.05) is 0 Å². The smallest absolute Gasteiger partial charge is 0.244 e. The topological polar surface area (TPSA) is 79.7 Å². The average molecular weight is 494 g/mol. The number of hydrogen-bond donors (Lipinski definition) is 1. The molecule has 2 saturated heterocycles. The lowest BCUT2D eigenvalue weighted by Gasteiger charge is -2.46. The van der Waals surface area contributed by atoms with Gasteiger partial charge in [0, 0.05) is 43.5 Å². The first-order valence-corrected chi connectivity index (χ1v) is 13.8. The molecule has 0 aliphatic carbocycles. The normalized spacial score (nSPS) is 22.7. The van der Waals surface area contributed by atoms with E-state index in [9.17, 15) is 8.42 Å². The van der Waals surface area contributed by atoms with E-state index in [-0.39, 0.29) is 10.9 Å². The molecule has 0 amide bonds. The van der Waals surface area contributed by atoms with Crippen molar-refractivity contribution in [3.63, 3.8) is 0 Å². The third-order valence-corrected chi connectivity index (χ3v) is 8.96. The Hall–Kier alpha value is -2.88.